The second-order valence-electron chi connectivity index (χ2n) is 7.38. The highest BCUT2D eigenvalue weighted by Crippen LogP contribution is 2.32. The van der Waals surface area contributed by atoms with E-state index < -0.39 is 0 Å². The molecule has 0 fully saturated rings. The van der Waals surface area contributed by atoms with Crippen LogP contribution in [0.15, 0.2) is 77.6 Å². The molecule has 0 saturated heterocycles. The fourth-order valence-electron chi connectivity index (χ4n) is 3.55. The molecule has 0 aliphatic heterocycles. The summed E-state index contributed by atoms with van der Waals surface area (Å²) in [5.74, 6) is 0.860. The Balaban J connectivity index is 1.55. The van der Waals surface area contributed by atoms with Crippen LogP contribution in [0, 0.1) is 0 Å². The molecule has 0 radical (unpaired) electrons. The molecular formula is C26H25N3O4. The molecule has 0 saturated carbocycles. The third-order valence-corrected chi connectivity index (χ3v) is 5.03. The molecule has 0 spiro atoms. The molecule has 33 heavy (non-hydrogen) atoms. The standard InChI is InChI=1S/C26H25N3O4/c1-2-32-25(31)15-8-16-33-23-14-7-11-19-20(23)12-6-13-21(19)27-26-28-22(17-24(30)29-26)18-9-4-3-5-10-18/h3-7,9-14,17H,2,8,15-16H2,1H3,(H2,27,28,29,30). The summed E-state index contributed by atoms with van der Waals surface area (Å²) in [4.78, 5) is 31.1. The maximum absolute atomic E-state index is 12.2. The Morgan fingerprint density at radius 3 is 2.61 bits per heavy atom. The number of benzene rings is 3. The number of nitrogens with zero attached hydrogens (tertiary/aromatic N) is 1. The van der Waals surface area contributed by atoms with Gasteiger partial charge in [-0.15, -0.1) is 0 Å². The average molecular weight is 444 g/mol. The van der Waals surface area contributed by atoms with Gasteiger partial charge >= 0.3 is 5.97 Å². The van der Waals surface area contributed by atoms with Gasteiger partial charge in [-0.2, -0.15) is 0 Å². The number of hydrogen-bond donors (Lipinski definition) is 2. The van der Waals surface area contributed by atoms with Crippen molar-refractivity contribution in [3.8, 4) is 17.0 Å². The minimum absolute atomic E-state index is 0.218. The van der Waals surface area contributed by atoms with E-state index >= 15 is 0 Å². The van der Waals surface area contributed by atoms with E-state index in [0.29, 0.717) is 37.7 Å². The molecule has 0 aliphatic rings. The van der Waals surface area contributed by atoms with Gasteiger partial charge in [0.05, 0.1) is 18.9 Å². The lowest BCUT2D eigenvalue weighted by Gasteiger charge is -2.13. The highest BCUT2D eigenvalue weighted by atomic mass is 16.5. The van der Waals surface area contributed by atoms with Crippen molar-refractivity contribution in [1.82, 2.24) is 9.97 Å². The Morgan fingerprint density at radius 2 is 1.79 bits per heavy atom. The highest BCUT2D eigenvalue weighted by Gasteiger charge is 2.09. The van der Waals surface area contributed by atoms with Crippen LogP contribution in [0.1, 0.15) is 19.8 Å². The van der Waals surface area contributed by atoms with E-state index in [1.165, 1.54) is 6.07 Å². The molecule has 1 heterocycles. The first-order valence-electron chi connectivity index (χ1n) is 10.9. The minimum atomic E-state index is -0.239. The first-order valence-corrected chi connectivity index (χ1v) is 10.9. The van der Waals surface area contributed by atoms with Crippen molar-refractivity contribution in [2.75, 3.05) is 18.5 Å². The lowest BCUT2D eigenvalue weighted by molar-refractivity contribution is -0.143. The lowest BCUT2D eigenvalue weighted by Crippen LogP contribution is -2.10. The van der Waals surface area contributed by atoms with E-state index in [-0.39, 0.29) is 11.5 Å². The summed E-state index contributed by atoms with van der Waals surface area (Å²) in [5.41, 5.74) is 2.01. The molecule has 7 heteroatoms. The molecule has 3 aromatic carbocycles. The maximum Gasteiger partial charge on any atom is 0.305 e. The fraction of sp³-hybridized carbons (Fsp3) is 0.192. The molecule has 1 aromatic heterocycles. The van der Waals surface area contributed by atoms with Gasteiger partial charge in [0.15, 0.2) is 0 Å². The summed E-state index contributed by atoms with van der Waals surface area (Å²) in [6, 6.07) is 22.6. The van der Waals surface area contributed by atoms with Crippen molar-refractivity contribution in [1.29, 1.82) is 0 Å². The molecule has 4 rings (SSSR count). The highest BCUT2D eigenvalue weighted by molar-refractivity contribution is 5.98. The first-order chi connectivity index (χ1) is 16.1. The number of carbonyl (C=O) groups is 1. The summed E-state index contributed by atoms with van der Waals surface area (Å²) >= 11 is 0. The Hall–Kier alpha value is -4.13. The summed E-state index contributed by atoms with van der Waals surface area (Å²) < 4.78 is 10.9. The van der Waals surface area contributed by atoms with Gasteiger partial charge in [-0.25, -0.2) is 4.98 Å². The quantitative estimate of drug-likeness (QED) is 0.278. The third kappa shape index (κ3) is 5.57. The Kier molecular flexibility index (Phi) is 6.99. The zero-order chi connectivity index (χ0) is 23.0. The number of anilines is 2. The monoisotopic (exact) mass is 443 g/mol. The number of nitrogens with one attached hydrogen (secondary N) is 2. The summed E-state index contributed by atoms with van der Waals surface area (Å²) in [5, 5.41) is 5.08. The molecule has 7 nitrogen and oxygen atoms in total. The number of carbonyl (C=O) groups excluding carboxylic acids is 1. The van der Waals surface area contributed by atoms with Crippen LogP contribution in [0.4, 0.5) is 11.6 Å². The lowest BCUT2D eigenvalue weighted by atomic mass is 10.1. The number of esters is 1. The largest absolute Gasteiger partial charge is 0.493 e. The number of aromatic amines is 1. The maximum atomic E-state index is 12.2. The van der Waals surface area contributed by atoms with Crippen molar-refractivity contribution in [3.63, 3.8) is 0 Å². The zero-order valence-corrected chi connectivity index (χ0v) is 18.3. The van der Waals surface area contributed by atoms with Crippen molar-refractivity contribution >= 4 is 28.4 Å². The first kappa shape index (κ1) is 22.1. The van der Waals surface area contributed by atoms with Gasteiger partial charge in [-0.1, -0.05) is 54.6 Å². The smallest absolute Gasteiger partial charge is 0.305 e. The van der Waals surface area contributed by atoms with Gasteiger partial charge in [0, 0.05) is 34.5 Å². The van der Waals surface area contributed by atoms with E-state index in [0.717, 1.165) is 27.8 Å². The van der Waals surface area contributed by atoms with Crippen LogP contribution in [0.3, 0.4) is 0 Å². The Morgan fingerprint density at radius 1 is 1.00 bits per heavy atom. The van der Waals surface area contributed by atoms with E-state index in [1.54, 1.807) is 6.92 Å². The van der Waals surface area contributed by atoms with Crippen LogP contribution in [0.5, 0.6) is 5.75 Å². The third-order valence-electron chi connectivity index (χ3n) is 5.03. The molecule has 0 amide bonds. The molecule has 0 bridgehead atoms. The van der Waals surface area contributed by atoms with Gasteiger partial charge in [-0.3, -0.25) is 14.6 Å². The van der Waals surface area contributed by atoms with Crippen LogP contribution in [-0.2, 0) is 9.53 Å². The normalized spacial score (nSPS) is 10.7. The molecular weight excluding hydrogens is 418 g/mol. The molecule has 0 unspecified atom stereocenters. The van der Waals surface area contributed by atoms with Crippen LogP contribution in [0.2, 0.25) is 0 Å². The van der Waals surface area contributed by atoms with E-state index in [1.807, 2.05) is 66.7 Å². The van der Waals surface area contributed by atoms with Gasteiger partial charge < -0.3 is 14.8 Å². The van der Waals surface area contributed by atoms with Crippen molar-refractivity contribution in [2.24, 2.45) is 0 Å². The Labute approximate surface area is 191 Å². The van der Waals surface area contributed by atoms with E-state index in [4.69, 9.17) is 9.47 Å². The number of H-pyrrole nitrogens is 1. The van der Waals surface area contributed by atoms with Crippen LogP contribution >= 0.6 is 0 Å². The minimum Gasteiger partial charge on any atom is -0.493 e. The van der Waals surface area contributed by atoms with Gasteiger partial charge in [0.1, 0.15) is 5.75 Å². The molecule has 168 valence electrons. The Bertz CT molecular complexity index is 1300. The summed E-state index contributed by atoms with van der Waals surface area (Å²) in [6.07, 6.45) is 0.896. The second kappa shape index (κ2) is 10.5. The van der Waals surface area contributed by atoms with Gasteiger partial charge in [0.2, 0.25) is 5.95 Å². The number of hydrogen-bond acceptors (Lipinski definition) is 6. The van der Waals surface area contributed by atoms with Crippen LogP contribution < -0.4 is 15.6 Å². The number of rotatable bonds is 9. The van der Waals surface area contributed by atoms with Gasteiger partial charge in [0.25, 0.3) is 5.56 Å². The number of ether oxygens (including phenoxy) is 2. The predicted molar refractivity (Wildman–Crippen MR) is 129 cm³/mol. The topological polar surface area (TPSA) is 93.3 Å². The predicted octanol–water partition coefficient (Wildman–Crippen LogP) is 5.06. The second-order valence-corrected chi connectivity index (χ2v) is 7.38. The SMILES string of the molecule is CCOC(=O)CCCOc1cccc2c(Nc3nc(-c4ccccc4)cc(=O)[nH]3)cccc12. The van der Waals surface area contributed by atoms with Crippen molar-refractivity contribution < 1.29 is 14.3 Å². The van der Waals surface area contributed by atoms with Crippen LogP contribution in [0.25, 0.3) is 22.0 Å². The van der Waals surface area contributed by atoms with Crippen molar-refractivity contribution in [3.05, 3.63) is 83.2 Å². The van der Waals surface area contributed by atoms with E-state index in [2.05, 4.69) is 15.3 Å². The molecule has 4 aromatic rings. The number of aromatic nitrogens is 2. The van der Waals surface area contributed by atoms with Gasteiger partial charge in [-0.05, 0) is 25.5 Å². The zero-order valence-electron chi connectivity index (χ0n) is 18.3. The van der Waals surface area contributed by atoms with E-state index in [9.17, 15) is 9.59 Å². The average Bonchev–Trinajstić information content (AvgIpc) is 2.82. The van der Waals surface area contributed by atoms with Crippen LogP contribution in [-0.4, -0.2) is 29.2 Å². The molecule has 0 aliphatic carbocycles. The summed E-state index contributed by atoms with van der Waals surface area (Å²) in [7, 11) is 0. The van der Waals surface area contributed by atoms with Crippen molar-refractivity contribution in [2.45, 2.75) is 19.8 Å². The summed E-state index contributed by atoms with van der Waals surface area (Å²) in [6.45, 7) is 2.58. The number of fused-ring (bicyclic) bond motifs is 1. The fourth-order valence-corrected chi connectivity index (χ4v) is 3.55. The molecule has 0 atom stereocenters. The molecule has 2 N–H and O–H groups in total.